The monoisotopic (exact) mass is 273 g/mol. The highest BCUT2D eigenvalue weighted by Gasteiger charge is 2.05. The molecule has 0 radical (unpaired) electrons. The van der Waals surface area contributed by atoms with Crippen LogP contribution in [0.3, 0.4) is 0 Å². The van der Waals surface area contributed by atoms with Crippen LogP contribution in [0.2, 0.25) is 0 Å². The predicted octanol–water partition coefficient (Wildman–Crippen LogP) is 2.09. The highest BCUT2D eigenvalue weighted by atomic mass is 16.5. The van der Waals surface area contributed by atoms with Gasteiger partial charge in [-0.05, 0) is 31.2 Å². The second kappa shape index (κ2) is 6.86. The molecule has 1 aromatic heterocycles. The molecular formula is C15H19N3O2. The maximum absolute atomic E-state index is 5.35. The summed E-state index contributed by atoms with van der Waals surface area (Å²) in [5.41, 5.74) is 2.02. The number of aryl methyl sites for hydroxylation is 1. The van der Waals surface area contributed by atoms with Crippen LogP contribution in [0.5, 0.6) is 11.5 Å². The Labute approximate surface area is 119 Å². The lowest BCUT2D eigenvalue weighted by Gasteiger charge is -2.11. The molecule has 0 aliphatic carbocycles. The van der Waals surface area contributed by atoms with Crippen molar-refractivity contribution < 1.29 is 9.47 Å². The average molecular weight is 273 g/mol. The van der Waals surface area contributed by atoms with E-state index < -0.39 is 0 Å². The van der Waals surface area contributed by atoms with Crippen LogP contribution >= 0.6 is 0 Å². The van der Waals surface area contributed by atoms with Gasteiger partial charge in [-0.3, -0.25) is 0 Å². The molecule has 0 aliphatic heterocycles. The van der Waals surface area contributed by atoms with Crippen molar-refractivity contribution in [2.45, 2.75) is 20.0 Å². The van der Waals surface area contributed by atoms with Crippen LogP contribution in [0.4, 0.5) is 0 Å². The number of hydrogen-bond acceptors (Lipinski definition) is 5. The van der Waals surface area contributed by atoms with E-state index in [9.17, 15) is 0 Å². The van der Waals surface area contributed by atoms with Gasteiger partial charge < -0.3 is 14.8 Å². The smallest absolute Gasteiger partial charge is 0.125 e. The zero-order valence-electron chi connectivity index (χ0n) is 12.0. The minimum atomic E-state index is 0.684. The molecule has 1 aromatic carbocycles. The minimum absolute atomic E-state index is 0.684. The molecule has 0 saturated carbocycles. The lowest BCUT2D eigenvalue weighted by atomic mass is 10.2. The SMILES string of the molecule is COc1ccc(OC)c(CNCc2ccnc(C)n2)c1. The number of nitrogens with zero attached hydrogens (tertiary/aromatic N) is 2. The van der Waals surface area contributed by atoms with Gasteiger partial charge in [0.05, 0.1) is 19.9 Å². The highest BCUT2D eigenvalue weighted by molar-refractivity contribution is 5.40. The molecule has 2 rings (SSSR count). The number of rotatable bonds is 6. The van der Waals surface area contributed by atoms with E-state index in [4.69, 9.17) is 9.47 Å². The number of benzene rings is 1. The van der Waals surface area contributed by atoms with Crippen molar-refractivity contribution in [3.63, 3.8) is 0 Å². The van der Waals surface area contributed by atoms with Gasteiger partial charge in [0.1, 0.15) is 17.3 Å². The van der Waals surface area contributed by atoms with Gasteiger partial charge in [0, 0.05) is 24.8 Å². The van der Waals surface area contributed by atoms with Crippen LogP contribution in [0.25, 0.3) is 0 Å². The lowest BCUT2D eigenvalue weighted by molar-refractivity contribution is 0.397. The van der Waals surface area contributed by atoms with Gasteiger partial charge in [0.15, 0.2) is 0 Å². The molecule has 20 heavy (non-hydrogen) atoms. The van der Waals surface area contributed by atoms with Crippen LogP contribution in [0.15, 0.2) is 30.5 Å². The molecule has 0 amide bonds. The fraction of sp³-hybridized carbons (Fsp3) is 0.333. The molecule has 1 heterocycles. The van der Waals surface area contributed by atoms with Crippen molar-refractivity contribution in [3.8, 4) is 11.5 Å². The molecule has 2 aromatic rings. The first-order chi connectivity index (χ1) is 9.72. The molecular weight excluding hydrogens is 254 g/mol. The molecule has 0 spiro atoms. The van der Waals surface area contributed by atoms with Crippen molar-refractivity contribution in [1.82, 2.24) is 15.3 Å². The Kier molecular flexibility index (Phi) is 4.90. The third kappa shape index (κ3) is 3.68. The maximum Gasteiger partial charge on any atom is 0.125 e. The standard InChI is InChI=1S/C15H19N3O2/c1-11-17-7-6-13(18-11)10-16-9-12-8-14(19-2)4-5-15(12)20-3/h4-8,16H,9-10H2,1-3H3. The first kappa shape index (κ1) is 14.3. The average Bonchev–Trinajstić information content (AvgIpc) is 2.47. The van der Waals surface area contributed by atoms with Crippen LogP contribution in [0, 0.1) is 6.92 Å². The molecule has 0 fully saturated rings. The Hall–Kier alpha value is -2.14. The summed E-state index contributed by atoms with van der Waals surface area (Å²) < 4.78 is 10.6. The van der Waals surface area contributed by atoms with Gasteiger partial charge in [-0.25, -0.2) is 9.97 Å². The number of methoxy groups -OCH3 is 2. The normalized spacial score (nSPS) is 10.3. The summed E-state index contributed by atoms with van der Waals surface area (Å²) in [6, 6.07) is 7.67. The van der Waals surface area contributed by atoms with E-state index in [0.29, 0.717) is 13.1 Å². The van der Waals surface area contributed by atoms with Gasteiger partial charge in [0.25, 0.3) is 0 Å². The number of nitrogens with one attached hydrogen (secondary N) is 1. The second-order valence-corrected chi connectivity index (χ2v) is 4.38. The predicted molar refractivity (Wildman–Crippen MR) is 76.9 cm³/mol. The van der Waals surface area contributed by atoms with E-state index in [2.05, 4.69) is 15.3 Å². The topological polar surface area (TPSA) is 56.3 Å². The van der Waals surface area contributed by atoms with Gasteiger partial charge >= 0.3 is 0 Å². The van der Waals surface area contributed by atoms with E-state index in [1.54, 1.807) is 20.4 Å². The van der Waals surface area contributed by atoms with Crippen molar-refractivity contribution in [3.05, 3.63) is 47.5 Å². The summed E-state index contributed by atoms with van der Waals surface area (Å²) in [5, 5.41) is 3.35. The molecule has 5 heteroatoms. The molecule has 0 atom stereocenters. The summed E-state index contributed by atoms with van der Waals surface area (Å²) in [4.78, 5) is 8.43. The third-order valence-electron chi connectivity index (χ3n) is 2.94. The van der Waals surface area contributed by atoms with Gasteiger partial charge in [0.2, 0.25) is 0 Å². The van der Waals surface area contributed by atoms with Gasteiger partial charge in [-0.15, -0.1) is 0 Å². The van der Waals surface area contributed by atoms with Crippen molar-refractivity contribution in [2.75, 3.05) is 14.2 Å². The summed E-state index contributed by atoms with van der Waals surface area (Å²) in [6.45, 7) is 3.25. The Morgan fingerprint density at radius 1 is 1.10 bits per heavy atom. The van der Waals surface area contributed by atoms with Crippen molar-refractivity contribution >= 4 is 0 Å². The zero-order chi connectivity index (χ0) is 14.4. The number of ether oxygens (including phenoxy) is 2. The van der Waals surface area contributed by atoms with Gasteiger partial charge in [-0.2, -0.15) is 0 Å². The van der Waals surface area contributed by atoms with Crippen LogP contribution in [0.1, 0.15) is 17.1 Å². The Balaban J connectivity index is 1.99. The molecule has 0 unspecified atom stereocenters. The molecule has 1 N–H and O–H groups in total. The summed E-state index contributed by atoms with van der Waals surface area (Å²) in [5.74, 6) is 2.45. The Morgan fingerprint density at radius 3 is 2.65 bits per heavy atom. The maximum atomic E-state index is 5.35. The van der Waals surface area contributed by atoms with E-state index in [1.807, 2.05) is 31.2 Å². The van der Waals surface area contributed by atoms with Crippen LogP contribution < -0.4 is 14.8 Å². The zero-order valence-corrected chi connectivity index (χ0v) is 12.0. The first-order valence-electron chi connectivity index (χ1n) is 6.43. The summed E-state index contributed by atoms with van der Waals surface area (Å²) in [7, 11) is 3.32. The molecule has 106 valence electrons. The van der Waals surface area contributed by atoms with Crippen molar-refractivity contribution in [2.24, 2.45) is 0 Å². The van der Waals surface area contributed by atoms with Crippen LogP contribution in [-0.4, -0.2) is 24.2 Å². The van der Waals surface area contributed by atoms with E-state index in [1.165, 1.54) is 0 Å². The van der Waals surface area contributed by atoms with E-state index in [0.717, 1.165) is 28.6 Å². The second-order valence-electron chi connectivity index (χ2n) is 4.38. The third-order valence-corrected chi connectivity index (χ3v) is 2.94. The molecule has 5 nitrogen and oxygen atoms in total. The largest absolute Gasteiger partial charge is 0.497 e. The quantitative estimate of drug-likeness (QED) is 0.873. The molecule has 0 bridgehead atoms. The number of aromatic nitrogens is 2. The van der Waals surface area contributed by atoms with Crippen molar-refractivity contribution in [1.29, 1.82) is 0 Å². The first-order valence-corrected chi connectivity index (χ1v) is 6.43. The van der Waals surface area contributed by atoms with Crippen LogP contribution in [-0.2, 0) is 13.1 Å². The molecule has 0 saturated heterocycles. The number of hydrogen-bond donors (Lipinski definition) is 1. The fourth-order valence-electron chi connectivity index (χ4n) is 1.95. The Bertz CT molecular complexity index is 573. The molecule has 0 aliphatic rings. The lowest BCUT2D eigenvalue weighted by Crippen LogP contribution is -2.14. The summed E-state index contributed by atoms with van der Waals surface area (Å²) >= 11 is 0. The highest BCUT2D eigenvalue weighted by Crippen LogP contribution is 2.23. The van der Waals surface area contributed by atoms with E-state index >= 15 is 0 Å². The fourth-order valence-corrected chi connectivity index (χ4v) is 1.95. The minimum Gasteiger partial charge on any atom is -0.497 e. The van der Waals surface area contributed by atoms with Gasteiger partial charge in [-0.1, -0.05) is 0 Å². The van der Waals surface area contributed by atoms with E-state index in [-0.39, 0.29) is 0 Å². The summed E-state index contributed by atoms with van der Waals surface area (Å²) in [6.07, 6.45) is 1.77. The Morgan fingerprint density at radius 2 is 1.95 bits per heavy atom.